The van der Waals surface area contributed by atoms with Crippen molar-refractivity contribution in [1.82, 2.24) is 0 Å². The van der Waals surface area contributed by atoms with Crippen LogP contribution in [0, 0.1) is 0 Å². The first-order valence-corrected chi connectivity index (χ1v) is 23.3. The number of nitrogens with zero attached hydrogens (tertiary/aromatic N) is 1. The number of rotatable bonds is 5. The lowest BCUT2D eigenvalue weighted by Gasteiger charge is -2.30. The summed E-state index contributed by atoms with van der Waals surface area (Å²) in [5, 5.41) is 7.71. The van der Waals surface area contributed by atoms with Gasteiger partial charge in [-0.1, -0.05) is 173 Å². The Kier molecular flexibility index (Phi) is 7.94. The molecule has 0 atom stereocenters. The summed E-state index contributed by atoms with van der Waals surface area (Å²) < 4.78 is 2.66. The van der Waals surface area contributed by atoms with Gasteiger partial charge in [0.25, 0.3) is 0 Å². The number of benzene rings is 10. The Morgan fingerprint density at radius 1 is 0.312 bits per heavy atom. The maximum atomic E-state index is 2.48. The number of thiophene rings is 1. The van der Waals surface area contributed by atoms with E-state index in [2.05, 4.69) is 233 Å². The summed E-state index contributed by atoms with van der Waals surface area (Å²) >= 11 is 1.87. The molecule has 0 N–H and O–H groups in total. The Hall–Kier alpha value is -7.26. The molecule has 10 aromatic carbocycles. The molecule has 2 aliphatic carbocycles. The van der Waals surface area contributed by atoms with Gasteiger partial charge in [0.15, 0.2) is 0 Å². The SMILES string of the molecule is CC1(C)c2ccccc2-c2ccc(N(c3ccc(-c4c5ccccc5c(-c5ccc6sc7ccccc7c6c5)c5ccccc45)cc3)c3ccc4c(c3)C(C)(C)c3ccccc3-4)cc21. The van der Waals surface area contributed by atoms with Gasteiger partial charge in [-0.3, -0.25) is 0 Å². The van der Waals surface area contributed by atoms with Crippen LogP contribution in [0.25, 0.3) is 86.2 Å². The van der Waals surface area contributed by atoms with Gasteiger partial charge in [-0.25, -0.2) is 0 Å². The molecular formula is C62H45NS. The highest BCUT2D eigenvalue weighted by Crippen LogP contribution is 2.54. The van der Waals surface area contributed by atoms with E-state index in [1.807, 2.05) is 11.3 Å². The fourth-order valence-electron chi connectivity index (χ4n) is 11.5. The van der Waals surface area contributed by atoms with Crippen LogP contribution in [-0.2, 0) is 10.8 Å². The molecule has 2 heteroatoms. The normalized spacial score (nSPS) is 14.2. The van der Waals surface area contributed by atoms with Gasteiger partial charge in [-0.2, -0.15) is 0 Å². The highest BCUT2D eigenvalue weighted by Gasteiger charge is 2.37. The summed E-state index contributed by atoms with van der Waals surface area (Å²) in [7, 11) is 0. The summed E-state index contributed by atoms with van der Waals surface area (Å²) in [4.78, 5) is 2.48. The van der Waals surface area contributed by atoms with Gasteiger partial charge in [-0.15, -0.1) is 11.3 Å². The first kappa shape index (κ1) is 37.3. The van der Waals surface area contributed by atoms with Crippen molar-refractivity contribution < 1.29 is 0 Å². The van der Waals surface area contributed by atoms with Crippen molar-refractivity contribution in [2.24, 2.45) is 0 Å². The van der Waals surface area contributed by atoms with E-state index in [1.165, 1.54) is 108 Å². The second kappa shape index (κ2) is 13.6. The van der Waals surface area contributed by atoms with Crippen molar-refractivity contribution in [3.63, 3.8) is 0 Å². The van der Waals surface area contributed by atoms with E-state index >= 15 is 0 Å². The minimum Gasteiger partial charge on any atom is -0.310 e. The maximum absolute atomic E-state index is 2.48. The molecule has 0 fully saturated rings. The number of hydrogen-bond donors (Lipinski definition) is 0. The summed E-state index contributed by atoms with van der Waals surface area (Å²) in [6.45, 7) is 9.49. The zero-order chi connectivity index (χ0) is 42.9. The van der Waals surface area contributed by atoms with Crippen LogP contribution in [0.2, 0.25) is 0 Å². The average Bonchev–Trinajstić information content (AvgIpc) is 3.90. The van der Waals surface area contributed by atoms with E-state index in [0.717, 1.165) is 17.1 Å². The van der Waals surface area contributed by atoms with Crippen molar-refractivity contribution >= 4 is 70.1 Å². The van der Waals surface area contributed by atoms with E-state index < -0.39 is 0 Å². The van der Waals surface area contributed by atoms with E-state index in [1.54, 1.807) is 0 Å². The summed E-state index contributed by atoms with van der Waals surface area (Å²) in [5.41, 5.74) is 19.1. The minimum absolute atomic E-state index is 0.115. The van der Waals surface area contributed by atoms with Gasteiger partial charge >= 0.3 is 0 Å². The Morgan fingerprint density at radius 3 is 1.27 bits per heavy atom. The lowest BCUT2D eigenvalue weighted by atomic mass is 9.82. The van der Waals surface area contributed by atoms with Crippen LogP contribution in [-0.4, -0.2) is 0 Å². The molecule has 11 aromatic rings. The van der Waals surface area contributed by atoms with E-state index in [4.69, 9.17) is 0 Å². The first-order chi connectivity index (χ1) is 31.3. The molecular weight excluding hydrogens is 791 g/mol. The molecule has 0 radical (unpaired) electrons. The van der Waals surface area contributed by atoms with Gasteiger partial charge in [-0.05, 0) is 143 Å². The summed E-state index contributed by atoms with van der Waals surface area (Å²) in [6.07, 6.45) is 0. The largest absolute Gasteiger partial charge is 0.310 e. The topological polar surface area (TPSA) is 3.24 Å². The maximum Gasteiger partial charge on any atom is 0.0465 e. The summed E-state index contributed by atoms with van der Waals surface area (Å²) in [5.74, 6) is 0. The van der Waals surface area contributed by atoms with Crippen LogP contribution in [0.5, 0.6) is 0 Å². The molecule has 304 valence electrons. The smallest absolute Gasteiger partial charge is 0.0465 e. The fourth-order valence-corrected chi connectivity index (χ4v) is 12.6. The number of anilines is 3. The predicted octanol–water partition coefficient (Wildman–Crippen LogP) is 17.8. The Bertz CT molecular complexity index is 3570. The molecule has 0 saturated carbocycles. The predicted molar refractivity (Wildman–Crippen MR) is 275 cm³/mol. The molecule has 64 heavy (non-hydrogen) atoms. The Balaban J connectivity index is 0.981. The van der Waals surface area contributed by atoms with Gasteiger partial charge in [0.1, 0.15) is 0 Å². The van der Waals surface area contributed by atoms with Gasteiger partial charge < -0.3 is 4.90 Å². The van der Waals surface area contributed by atoms with Crippen LogP contribution in [0.4, 0.5) is 17.1 Å². The Labute approximate surface area is 378 Å². The standard InChI is InChI=1S/C62H45NS/c1-61(2)53-22-12-9-15-43(53)45-32-30-41(36-55(45)61)63(42-31-33-46-44-16-10-13-23-54(44)62(3,4)56(46)37-42)40-28-25-38(26-29-40)59-48-18-5-7-20-50(48)60(51-21-8-6-19-49(51)59)39-27-34-58-52(35-39)47-17-11-14-24-57(47)64-58/h5-37H,1-4H3. The molecule has 1 aromatic heterocycles. The van der Waals surface area contributed by atoms with E-state index in [-0.39, 0.29) is 10.8 Å². The minimum atomic E-state index is -0.115. The van der Waals surface area contributed by atoms with Crippen molar-refractivity contribution in [2.75, 3.05) is 4.90 Å². The lowest BCUT2D eigenvalue weighted by Crippen LogP contribution is -2.18. The van der Waals surface area contributed by atoms with Crippen LogP contribution < -0.4 is 4.90 Å². The molecule has 2 aliphatic rings. The van der Waals surface area contributed by atoms with Gasteiger partial charge in [0.2, 0.25) is 0 Å². The van der Waals surface area contributed by atoms with Crippen LogP contribution in [0.3, 0.4) is 0 Å². The molecule has 0 unspecified atom stereocenters. The monoisotopic (exact) mass is 835 g/mol. The number of hydrogen-bond acceptors (Lipinski definition) is 2. The molecule has 1 nitrogen and oxygen atoms in total. The third-order valence-electron chi connectivity index (χ3n) is 14.7. The third kappa shape index (κ3) is 5.30. The molecule has 0 bridgehead atoms. The second-order valence-electron chi connectivity index (χ2n) is 18.8. The Morgan fingerprint density at radius 2 is 0.719 bits per heavy atom. The second-order valence-corrected chi connectivity index (χ2v) is 19.9. The van der Waals surface area contributed by atoms with Gasteiger partial charge in [0.05, 0.1) is 0 Å². The third-order valence-corrected chi connectivity index (χ3v) is 15.8. The van der Waals surface area contributed by atoms with Gasteiger partial charge in [0, 0.05) is 48.1 Å². The molecule has 0 saturated heterocycles. The van der Waals surface area contributed by atoms with E-state index in [0.29, 0.717) is 0 Å². The molecule has 0 spiro atoms. The zero-order valence-corrected chi connectivity index (χ0v) is 37.2. The molecule has 0 aliphatic heterocycles. The van der Waals surface area contributed by atoms with Crippen LogP contribution in [0.1, 0.15) is 49.9 Å². The van der Waals surface area contributed by atoms with Crippen molar-refractivity contribution in [1.29, 1.82) is 0 Å². The molecule has 0 amide bonds. The average molecular weight is 836 g/mol. The molecule has 1 heterocycles. The molecule has 13 rings (SSSR count). The lowest BCUT2D eigenvalue weighted by molar-refractivity contribution is 0.660. The quantitative estimate of drug-likeness (QED) is 0.156. The zero-order valence-electron chi connectivity index (χ0n) is 36.4. The van der Waals surface area contributed by atoms with Crippen molar-refractivity contribution in [2.45, 2.75) is 38.5 Å². The van der Waals surface area contributed by atoms with Crippen molar-refractivity contribution in [3.8, 4) is 44.5 Å². The highest BCUT2D eigenvalue weighted by atomic mass is 32.1. The number of fused-ring (bicyclic) bond motifs is 11. The fraction of sp³-hybridized carbons (Fsp3) is 0.0968. The van der Waals surface area contributed by atoms with Crippen LogP contribution >= 0.6 is 11.3 Å². The van der Waals surface area contributed by atoms with Crippen LogP contribution in [0.15, 0.2) is 200 Å². The first-order valence-electron chi connectivity index (χ1n) is 22.5. The highest BCUT2D eigenvalue weighted by molar-refractivity contribution is 7.25. The van der Waals surface area contributed by atoms with Crippen molar-refractivity contribution in [3.05, 3.63) is 222 Å². The summed E-state index contributed by atoms with van der Waals surface area (Å²) in [6, 6.07) is 75.4. The van der Waals surface area contributed by atoms with E-state index in [9.17, 15) is 0 Å².